The predicted octanol–water partition coefficient (Wildman–Crippen LogP) is 4.62. The zero-order chi connectivity index (χ0) is 27.6. The highest BCUT2D eigenvalue weighted by Crippen LogP contribution is 2.22. The van der Waals surface area contributed by atoms with Crippen molar-refractivity contribution in [3.63, 3.8) is 0 Å². The lowest BCUT2D eigenvalue weighted by molar-refractivity contribution is -0.141. The second-order valence-electron chi connectivity index (χ2n) is 9.03. The summed E-state index contributed by atoms with van der Waals surface area (Å²) in [7, 11) is -1.99. The summed E-state index contributed by atoms with van der Waals surface area (Å²) in [6.45, 7) is 6.14. The topological polar surface area (TPSA) is 96.0 Å². The van der Waals surface area contributed by atoms with E-state index in [0.29, 0.717) is 22.9 Å². The van der Waals surface area contributed by atoms with Crippen LogP contribution in [0.25, 0.3) is 0 Å². The standard InChI is InChI=1S/C27H38ClN3O5S/c1-6-20(3)29-27(33)25(7-2)30(19-21-10-8-11-24(18-21)36-4)26(32)12-9-17-31(37(5,34)35)23-15-13-22(28)14-16-23/h8,10-11,13-16,18,20,25H,6-7,9,12,17,19H2,1-5H3,(H,29,33)/t20-,25+/m1/s1. The highest BCUT2D eigenvalue weighted by Gasteiger charge is 2.29. The molecule has 0 aliphatic rings. The number of sulfonamides is 1. The Kier molecular flexibility index (Phi) is 11.7. The maximum absolute atomic E-state index is 13.5. The van der Waals surface area contributed by atoms with Gasteiger partial charge in [-0.05, 0) is 68.1 Å². The van der Waals surface area contributed by atoms with Gasteiger partial charge in [0, 0.05) is 30.6 Å². The number of anilines is 1. The summed E-state index contributed by atoms with van der Waals surface area (Å²) in [6.07, 6.45) is 2.71. The molecule has 0 bridgehead atoms. The van der Waals surface area contributed by atoms with Crippen molar-refractivity contribution in [3.05, 3.63) is 59.1 Å². The lowest BCUT2D eigenvalue weighted by atomic mass is 10.1. The first-order valence-electron chi connectivity index (χ1n) is 12.5. The van der Waals surface area contributed by atoms with Gasteiger partial charge >= 0.3 is 0 Å². The van der Waals surface area contributed by atoms with Crippen LogP contribution in [-0.4, -0.2) is 57.1 Å². The predicted molar refractivity (Wildman–Crippen MR) is 148 cm³/mol. The highest BCUT2D eigenvalue weighted by molar-refractivity contribution is 7.92. The molecule has 0 unspecified atom stereocenters. The fraction of sp³-hybridized carbons (Fsp3) is 0.481. The van der Waals surface area contributed by atoms with Crippen molar-refractivity contribution < 1.29 is 22.7 Å². The number of methoxy groups -OCH3 is 1. The van der Waals surface area contributed by atoms with Crippen LogP contribution in [0, 0.1) is 0 Å². The number of amides is 2. The van der Waals surface area contributed by atoms with E-state index in [2.05, 4.69) is 5.32 Å². The molecule has 2 atom stereocenters. The normalized spacial score (nSPS) is 12.9. The third-order valence-corrected chi connectivity index (χ3v) is 7.59. The Labute approximate surface area is 226 Å². The Hall–Kier alpha value is -2.78. The molecule has 0 saturated heterocycles. The summed E-state index contributed by atoms with van der Waals surface area (Å²) >= 11 is 5.95. The molecule has 10 heteroatoms. The second kappa shape index (κ2) is 14.2. The van der Waals surface area contributed by atoms with E-state index < -0.39 is 16.1 Å². The van der Waals surface area contributed by atoms with E-state index in [-0.39, 0.29) is 43.8 Å². The lowest BCUT2D eigenvalue weighted by Crippen LogP contribution is -2.50. The number of nitrogens with one attached hydrogen (secondary N) is 1. The highest BCUT2D eigenvalue weighted by atomic mass is 35.5. The molecule has 0 spiro atoms. The van der Waals surface area contributed by atoms with E-state index in [9.17, 15) is 18.0 Å². The van der Waals surface area contributed by atoms with Gasteiger partial charge in [-0.25, -0.2) is 8.42 Å². The van der Waals surface area contributed by atoms with Crippen LogP contribution in [0.1, 0.15) is 52.0 Å². The molecule has 2 rings (SSSR count). The number of nitrogens with zero attached hydrogens (tertiary/aromatic N) is 2. The molecule has 2 aromatic rings. The molecular formula is C27H38ClN3O5S. The molecule has 0 aromatic heterocycles. The van der Waals surface area contributed by atoms with E-state index in [0.717, 1.165) is 18.2 Å². The van der Waals surface area contributed by atoms with Crippen molar-refractivity contribution in [1.29, 1.82) is 0 Å². The number of benzene rings is 2. The molecule has 0 radical (unpaired) electrons. The number of ether oxygens (including phenoxy) is 1. The van der Waals surface area contributed by atoms with Crippen LogP contribution in [0.2, 0.25) is 5.02 Å². The zero-order valence-corrected chi connectivity index (χ0v) is 23.8. The number of carbonyl (C=O) groups excluding carboxylic acids is 2. The van der Waals surface area contributed by atoms with Gasteiger partial charge in [0.15, 0.2) is 0 Å². The number of carbonyl (C=O) groups is 2. The molecule has 0 aliphatic carbocycles. The maximum Gasteiger partial charge on any atom is 0.243 e. The van der Waals surface area contributed by atoms with Crippen LogP contribution in [0.3, 0.4) is 0 Å². The van der Waals surface area contributed by atoms with Crippen LogP contribution in [-0.2, 0) is 26.2 Å². The molecular weight excluding hydrogens is 514 g/mol. The van der Waals surface area contributed by atoms with Gasteiger partial charge in [-0.2, -0.15) is 0 Å². The lowest BCUT2D eigenvalue weighted by Gasteiger charge is -2.32. The Morgan fingerprint density at radius 1 is 1.08 bits per heavy atom. The molecule has 2 aromatic carbocycles. The fourth-order valence-corrected chi connectivity index (χ4v) is 5.03. The summed E-state index contributed by atoms with van der Waals surface area (Å²) in [5.41, 5.74) is 1.31. The number of rotatable bonds is 14. The molecule has 204 valence electrons. The molecule has 37 heavy (non-hydrogen) atoms. The fourth-order valence-electron chi connectivity index (χ4n) is 3.94. The van der Waals surface area contributed by atoms with Crippen molar-refractivity contribution in [2.45, 2.75) is 65.1 Å². The summed E-state index contributed by atoms with van der Waals surface area (Å²) < 4.78 is 31.4. The van der Waals surface area contributed by atoms with Crippen molar-refractivity contribution >= 4 is 39.1 Å². The number of hydrogen-bond donors (Lipinski definition) is 1. The monoisotopic (exact) mass is 551 g/mol. The maximum atomic E-state index is 13.5. The summed E-state index contributed by atoms with van der Waals surface area (Å²) in [6, 6.07) is 13.2. The first-order chi connectivity index (χ1) is 17.5. The van der Waals surface area contributed by atoms with E-state index in [1.807, 2.05) is 45.0 Å². The third-order valence-electron chi connectivity index (χ3n) is 6.14. The first kappa shape index (κ1) is 30.4. The average Bonchev–Trinajstić information content (AvgIpc) is 2.86. The minimum Gasteiger partial charge on any atom is -0.497 e. The Balaban J connectivity index is 2.24. The summed E-state index contributed by atoms with van der Waals surface area (Å²) in [4.78, 5) is 28.2. The third kappa shape index (κ3) is 9.23. The molecule has 2 amide bonds. The van der Waals surface area contributed by atoms with Crippen molar-refractivity contribution in [1.82, 2.24) is 10.2 Å². The summed E-state index contributed by atoms with van der Waals surface area (Å²) in [5, 5.41) is 3.49. The quantitative estimate of drug-likeness (QED) is 0.370. The van der Waals surface area contributed by atoms with Crippen molar-refractivity contribution in [2.24, 2.45) is 0 Å². The van der Waals surface area contributed by atoms with E-state index in [4.69, 9.17) is 16.3 Å². The SMILES string of the molecule is CC[C@@H](C)NC(=O)[C@H](CC)N(Cc1cccc(OC)c1)C(=O)CCCN(c1ccc(Cl)cc1)S(C)(=O)=O. The van der Waals surface area contributed by atoms with Crippen LogP contribution < -0.4 is 14.4 Å². The Bertz CT molecular complexity index is 1140. The number of hydrogen-bond acceptors (Lipinski definition) is 5. The van der Waals surface area contributed by atoms with Gasteiger partial charge in [0.05, 0.1) is 19.1 Å². The minimum atomic E-state index is -3.57. The molecule has 0 fully saturated rings. The zero-order valence-electron chi connectivity index (χ0n) is 22.2. The summed E-state index contributed by atoms with van der Waals surface area (Å²) in [5.74, 6) is 0.235. The molecule has 0 saturated carbocycles. The van der Waals surface area contributed by atoms with E-state index >= 15 is 0 Å². The minimum absolute atomic E-state index is 0.0157. The van der Waals surface area contributed by atoms with Gasteiger partial charge < -0.3 is 15.0 Å². The number of halogens is 1. The first-order valence-corrected chi connectivity index (χ1v) is 14.7. The van der Waals surface area contributed by atoms with Gasteiger partial charge in [0.25, 0.3) is 0 Å². The van der Waals surface area contributed by atoms with E-state index in [1.165, 1.54) is 4.31 Å². The molecule has 1 N–H and O–H groups in total. The van der Waals surface area contributed by atoms with Gasteiger partial charge in [-0.15, -0.1) is 0 Å². The van der Waals surface area contributed by atoms with E-state index in [1.54, 1.807) is 36.3 Å². The van der Waals surface area contributed by atoms with Crippen molar-refractivity contribution in [2.75, 3.05) is 24.2 Å². The molecule has 8 nitrogen and oxygen atoms in total. The van der Waals surface area contributed by atoms with Gasteiger partial charge in [-0.3, -0.25) is 13.9 Å². The van der Waals surface area contributed by atoms with Crippen LogP contribution in [0.15, 0.2) is 48.5 Å². The van der Waals surface area contributed by atoms with Crippen LogP contribution in [0.4, 0.5) is 5.69 Å². The van der Waals surface area contributed by atoms with Gasteiger partial charge in [0.2, 0.25) is 21.8 Å². The van der Waals surface area contributed by atoms with Crippen molar-refractivity contribution in [3.8, 4) is 5.75 Å². The average molecular weight is 552 g/mol. The Morgan fingerprint density at radius 2 is 1.76 bits per heavy atom. The largest absolute Gasteiger partial charge is 0.497 e. The molecule has 0 heterocycles. The van der Waals surface area contributed by atoms with Crippen LogP contribution >= 0.6 is 11.6 Å². The van der Waals surface area contributed by atoms with Gasteiger partial charge in [-0.1, -0.05) is 37.6 Å². The van der Waals surface area contributed by atoms with Crippen LogP contribution in [0.5, 0.6) is 5.75 Å². The second-order valence-corrected chi connectivity index (χ2v) is 11.4. The Morgan fingerprint density at radius 3 is 2.32 bits per heavy atom. The van der Waals surface area contributed by atoms with Gasteiger partial charge in [0.1, 0.15) is 11.8 Å². The molecule has 0 aliphatic heterocycles. The smallest absolute Gasteiger partial charge is 0.243 e.